The van der Waals surface area contributed by atoms with Gasteiger partial charge in [-0.2, -0.15) is 0 Å². The number of allylic oxidation sites excluding steroid dienone is 1. The number of hydrogen-bond acceptors (Lipinski definition) is 4. The van der Waals surface area contributed by atoms with Crippen LogP contribution in [0.1, 0.15) is 112 Å². The Bertz CT molecular complexity index is 1180. The van der Waals surface area contributed by atoms with E-state index in [-0.39, 0.29) is 41.5 Å². The van der Waals surface area contributed by atoms with Crippen molar-refractivity contribution in [2.75, 3.05) is 6.61 Å². The van der Waals surface area contributed by atoms with E-state index in [0.717, 1.165) is 79.4 Å². The third-order valence-electron chi connectivity index (χ3n) is 8.40. The number of unbranched alkanes of at least 4 members (excludes halogenated alkanes) is 1. The Kier molecular flexibility index (Phi) is 12.4. The molecule has 40 heavy (non-hydrogen) atoms. The third-order valence-corrected chi connectivity index (χ3v) is 8.40. The molecule has 4 heteroatoms. The zero-order chi connectivity index (χ0) is 29.1. The Labute approximate surface area is 241 Å². The SMILES string of the molecule is CC=C(OCCCCc1ccccc1)c1ccc(C)c2c1CC(CC(CCC)C(CC)C(=O)CC(C)=O)CC2=O. The Morgan fingerprint density at radius 3 is 2.45 bits per heavy atom. The van der Waals surface area contributed by atoms with Gasteiger partial charge in [0.25, 0.3) is 0 Å². The maximum atomic E-state index is 13.5. The molecule has 216 valence electrons. The molecule has 1 aliphatic carbocycles. The molecule has 0 aliphatic heterocycles. The van der Waals surface area contributed by atoms with Gasteiger partial charge in [0.15, 0.2) is 5.78 Å². The monoisotopic (exact) mass is 544 g/mol. The van der Waals surface area contributed by atoms with E-state index < -0.39 is 0 Å². The summed E-state index contributed by atoms with van der Waals surface area (Å²) in [5.41, 5.74) is 5.34. The number of ether oxygens (including phenoxy) is 1. The normalized spacial score (nSPS) is 16.8. The molecule has 2 aromatic rings. The second kappa shape index (κ2) is 15.7. The average molecular weight is 545 g/mol. The number of aryl methyl sites for hydroxylation is 2. The molecule has 0 spiro atoms. The predicted molar refractivity (Wildman–Crippen MR) is 163 cm³/mol. The number of hydrogen-bond donors (Lipinski definition) is 0. The van der Waals surface area contributed by atoms with E-state index in [0.29, 0.717) is 13.0 Å². The molecule has 3 unspecified atom stereocenters. The van der Waals surface area contributed by atoms with Crippen LogP contribution in [0.2, 0.25) is 0 Å². The van der Waals surface area contributed by atoms with Gasteiger partial charge in [-0.05, 0) is 93.9 Å². The van der Waals surface area contributed by atoms with Crippen LogP contribution in [0.5, 0.6) is 0 Å². The first kappa shape index (κ1) is 31.5. The number of ketones is 3. The summed E-state index contributed by atoms with van der Waals surface area (Å²) in [5.74, 6) is 1.28. The highest BCUT2D eigenvalue weighted by Crippen LogP contribution is 2.39. The highest BCUT2D eigenvalue weighted by Gasteiger charge is 2.34. The molecule has 3 atom stereocenters. The number of carbonyl (C=O) groups is 3. The molecule has 0 fully saturated rings. The number of rotatable bonds is 16. The first-order chi connectivity index (χ1) is 19.3. The Hall–Kier alpha value is -3.01. The van der Waals surface area contributed by atoms with Gasteiger partial charge in [-0.15, -0.1) is 0 Å². The Balaban J connectivity index is 1.74. The summed E-state index contributed by atoms with van der Waals surface area (Å²) >= 11 is 0. The van der Waals surface area contributed by atoms with Crippen LogP contribution in [0, 0.1) is 24.7 Å². The smallest absolute Gasteiger partial charge is 0.163 e. The lowest BCUT2D eigenvalue weighted by Crippen LogP contribution is -2.30. The third kappa shape index (κ3) is 8.49. The molecular formula is C36H48O4. The molecule has 4 nitrogen and oxygen atoms in total. The zero-order valence-corrected chi connectivity index (χ0v) is 25.3. The minimum atomic E-state index is -0.123. The van der Waals surface area contributed by atoms with Crippen molar-refractivity contribution in [2.24, 2.45) is 17.8 Å². The van der Waals surface area contributed by atoms with E-state index >= 15 is 0 Å². The molecular weight excluding hydrogens is 496 g/mol. The molecule has 0 amide bonds. The van der Waals surface area contributed by atoms with Crippen molar-refractivity contribution < 1.29 is 19.1 Å². The zero-order valence-electron chi connectivity index (χ0n) is 25.3. The molecule has 0 N–H and O–H groups in total. The van der Waals surface area contributed by atoms with Gasteiger partial charge in [0.05, 0.1) is 13.0 Å². The van der Waals surface area contributed by atoms with Crippen LogP contribution in [-0.2, 0) is 27.2 Å². The van der Waals surface area contributed by atoms with Crippen LogP contribution in [0.25, 0.3) is 5.76 Å². The quantitative estimate of drug-likeness (QED) is 0.121. The van der Waals surface area contributed by atoms with Gasteiger partial charge >= 0.3 is 0 Å². The van der Waals surface area contributed by atoms with Crippen molar-refractivity contribution in [3.05, 3.63) is 76.4 Å². The first-order valence-electron chi connectivity index (χ1n) is 15.3. The van der Waals surface area contributed by atoms with Gasteiger partial charge in [-0.3, -0.25) is 14.4 Å². The lowest BCUT2D eigenvalue weighted by molar-refractivity contribution is -0.129. The fraction of sp³-hybridized carbons (Fsp3) is 0.528. The number of fused-ring (bicyclic) bond motifs is 1. The predicted octanol–water partition coefficient (Wildman–Crippen LogP) is 8.52. The van der Waals surface area contributed by atoms with E-state index in [9.17, 15) is 14.4 Å². The molecule has 2 aromatic carbocycles. The molecule has 0 radical (unpaired) electrons. The highest BCUT2D eigenvalue weighted by atomic mass is 16.5. The van der Waals surface area contributed by atoms with E-state index in [1.165, 1.54) is 12.5 Å². The standard InChI is InChI=1S/C36H48O4/c1-6-14-29(30(7-2)33(38)21-26(5)37)22-28-23-32-31(19-18-25(4)36(32)34(39)24-28)35(8-3)40-20-13-12-17-27-15-10-9-11-16-27/h8-11,15-16,18-19,28-30H,6-7,12-14,17,20-24H2,1-5H3. The average Bonchev–Trinajstić information content (AvgIpc) is 2.92. The second-order valence-corrected chi connectivity index (χ2v) is 11.6. The van der Waals surface area contributed by atoms with E-state index in [1.807, 2.05) is 39.0 Å². The van der Waals surface area contributed by atoms with E-state index in [2.05, 4.69) is 37.3 Å². The van der Waals surface area contributed by atoms with Gasteiger partial charge in [-0.25, -0.2) is 0 Å². The van der Waals surface area contributed by atoms with Gasteiger partial charge in [-0.1, -0.05) is 69.2 Å². The molecule has 0 aromatic heterocycles. The summed E-state index contributed by atoms with van der Waals surface area (Å²) in [6.07, 6.45) is 9.91. The summed E-state index contributed by atoms with van der Waals surface area (Å²) in [6, 6.07) is 14.7. The number of Topliss-reactive ketones (excluding diaryl/α,β-unsaturated/α-hetero) is 3. The minimum absolute atomic E-state index is 0.0157. The largest absolute Gasteiger partial charge is 0.493 e. The van der Waals surface area contributed by atoms with Crippen molar-refractivity contribution >= 4 is 23.1 Å². The molecule has 0 bridgehead atoms. The number of benzene rings is 2. The van der Waals surface area contributed by atoms with Crippen LogP contribution in [0.3, 0.4) is 0 Å². The van der Waals surface area contributed by atoms with Crippen molar-refractivity contribution in [1.82, 2.24) is 0 Å². The van der Waals surface area contributed by atoms with Crippen molar-refractivity contribution in [3.63, 3.8) is 0 Å². The van der Waals surface area contributed by atoms with Gasteiger partial charge in [0.2, 0.25) is 0 Å². The Morgan fingerprint density at radius 1 is 1.05 bits per heavy atom. The fourth-order valence-electron chi connectivity index (χ4n) is 6.54. The van der Waals surface area contributed by atoms with Crippen molar-refractivity contribution in [3.8, 4) is 0 Å². The van der Waals surface area contributed by atoms with Gasteiger partial charge in [0.1, 0.15) is 17.3 Å². The lowest BCUT2D eigenvalue weighted by Gasteiger charge is -2.32. The van der Waals surface area contributed by atoms with Crippen LogP contribution in [-0.4, -0.2) is 24.0 Å². The molecule has 0 saturated heterocycles. The topological polar surface area (TPSA) is 60.4 Å². The summed E-state index contributed by atoms with van der Waals surface area (Å²) in [7, 11) is 0. The van der Waals surface area contributed by atoms with Crippen LogP contribution >= 0.6 is 0 Å². The minimum Gasteiger partial charge on any atom is -0.493 e. The highest BCUT2D eigenvalue weighted by molar-refractivity contribution is 6.01. The van der Waals surface area contributed by atoms with E-state index in [4.69, 9.17) is 4.74 Å². The summed E-state index contributed by atoms with van der Waals surface area (Å²) < 4.78 is 6.31. The molecule has 0 heterocycles. The fourth-order valence-corrected chi connectivity index (χ4v) is 6.54. The van der Waals surface area contributed by atoms with Crippen LogP contribution < -0.4 is 0 Å². The lowest BCUT2D eigenvalue weighted by atomic mass is 9.71. The molecule has 1 aliphatic rings. The summed E-state index contributed by atoms with van der Waals surface area (Å²) in [4.78, 5) is 38.1. The Morgan fingerprint density at radius 2 is 1.80 bits per heavy atom. The molecule has 3 rings (SSSR count). The van der Waals surface area contributed by atoms with Crippen molar-refractivity contribution in [2.45, 2.75) is 98.8 Å². The van der Waals surface area contributed by atoms with E-state index in [1.54, 1.807) is 0 Å². The van der Waals surface area contributed by atoms with Crippen molar-refractivity contribution in [1.29, 1.82) is 0 Å². The summed E-state index contributed by atoms with van der Waals surface area (Å²) in [6.45, 7) is 10.3. The van der Waals surface area contributed by atoms with Crippen LogP contribution in [0.15, 0.2) is 48.5 Å². The van der Waals surface area contributed by atoms with Gasteiger partial charge in [0, 0.05) is 23.5 Å². The second-order valence-electron chi connectivity index (χ2n) is 11.6. The van der Waals surface area contributed by atoms with Gasteiger partial charge < -0.3 is 4.74 Å². The van der Waals surface area contributed by atoms with Crippen LogP contribution in [0.4, 0.5) is 0 Å². The maximum absolute atomic E-state index is 13.5. The molecule has 0 saturated carbocycles. The maximum Gasteiger partial charge on any atom is 0.163 e. The summed E-state index contributed by atoms with van der Waals surface area (Å²) in [5, 5.41) is 0. The number of carbonyl (C=O) groups excluding carboxylic acids is 3. The first-order valence-corrected chi connectivity index (χ1v) is 15.3.